The third-order valence-corrected chi connectivity index (χ3v) is 3.53. The van der Waals surface area contributed by atoms with E-state index in [1.165, 1.54) is 29.3 Å². The van der Waals surface area contributed by atoms with E-state index in [1.54, 1.807) is 12.1 Å². The van der Waals surface area contributed by atoms with Crippen LogP contribution in [0.4, 0.5) is 0 Å². The highest BCUT2D eigenvalue weighted by atomic mass is 32.2. The Morgan fingerprint density at radius 1 is 1.35 bits per heavy atom. The predicted octanol–water partition coefficient (Wildman–Crippen LogP) is 1.52. The second-order valence-electron chi connectivity index (χ2n) is 3.59. The molecule has 0 amide bonds. The maximum Gasteiger partial charge on any atom is 0.328 e. The van der Waals surface area contributed by atoms with Gasteiger partial charge in [-0.1, -0.05) is 17.7 Å². The largest absolute Gasteiger partial charge is 0.478 e. The van der Waals surface area contributed by atoms with Crippen LogP contribution in [0.5, 0.6) is 0 Å². The Morgan fingerprint density at radius 3 is 2.30 bits per heavy atom. The fraction of sp³-hybridized carbons (Fsp3) is 0.250. The molecule has 0 radical (unpaired) electrons. The van der Waals surface area contributed by atoms with Gasteiger partial charge < -0.3 is 10.8 Å². The molecular weight excluding hydrogens is 302 g/mol. The van der Waals surface area contributed by atoms with Gasteiger partial charge in [0.1, 0.15) is 0 Å². The summed E-state index contributed by atoms with van der Waals surface area (Å²) in [5, 5.41) is 9.60. The molecule has 0 aliphatic rings. The summed E-state index contributed by atoms with van der Waals surface area (Å²) in [5.74, 6) is -0.149. The van der Waals surface area contributed by atoms with E-state index in [0.717, 1.165) is 17.4 Å². The summed E-state index contributed by atoms with van der Waals surface area (Å²) in [4.78, 5) is 9.76. The fourth-order valence-electron chi connectivity index (χ4n) is 0.953. The van der Waals surface area contributed by atoms with Crippen LogP contribution in [0.3, 0.4) is 0 Å². The molecule has 6 nitrogen and oxygen atoms in total. The second-order valence-corrected chi connectivity index (χ2v) is 6.02. The molecule has 0 saturated heterocycles. The van der Waals surface area contributed by atoms with Crippen molar-refractivity contribution in [3.05, 3.63) is 41.3 Å². The first kappa shape index (κ1) is 18.7. The van der Waals surface area contributed by atoms with Crippen LogP contribution in [0.2, 0.25) is 0 Å². The second kappa shape index (κ2) is 9.54. The van der Waals surface area contributed by atoms with E-state index in [0.29, 0.717) is 6.54 Å². The highest BCUT2D eigenvalue weighted by Crippen LogP contribution is 2.08. The lowest BCUT2D eigenvalue weighted by Gasteiger charge is -1.95. The molecule has 0 heterocycles. The molecule has 0 unspecified atom stereocenters. The normalized spacial score (nSPS) is 10.9. The van der Waals surface area contributed by atoms with Gasteiger partial charge in [0.15, 0.2) is 0 Å². The zero-order chi connectivity index (χ0) is 15.6. The Hall–Kier alpha value is -1.35. The van der Waals surface area contributed by atoms with Crippen LogP contribution in [0.15, 0.2) is 40.6 Å². The van der Waals surface area contributed by atoms with Gasteiger partial charge in [0.25, 0.3) is 10.1 Å². The summed E-state index contributed by atoms with van der Waals surface area (Å²) in [5.41, 5.74) is 6.10. The number of hydrogen-bond donors (Lipinski definition) is 3. The monoisotopic (exact) mass is 319 g/mol. The number of aliphatic carboxylic acids is 1. The summed E-state index contributed by atoms with van der Waals surface area (Å²) in [7, 11) is -4.02. The molecule has 4 N–H and O–H groups in total. The quantitative estimate of drug-likeness (QED) is 0.428. The first-order valence-electron chi connectivity index (χ1n) is 5.52. The third-order valence-electron chi connectivity index (χ3n) is 1.86. The molecule has 0 aliphatic carbocycles. The molecule has 0 atom stereocenters. The Morgan fingerprint density at radius 2 is 1.90 bits per heavy atom. The number of aryl methyl sites for hydroxylation is 1. The van der Waals surface area contributed by atoms with Gasteiger partial charge in [0.2, 0.25) is 0 Å². The number of thioether (sulfide) groups is 1. The van der Waals surface area contributed by atoms with Gasteiger partial charge in [0, 0.05) is 18.4 Å². The number of carboxylic acids is 1. The predicted molar refractivity (Wildman–Crippen MR) is 79.3 cm³/mol. The van der Waals surface area contributed by atoms with E-state index in [1.807, 2.05) is 6.92 Å². The molecule has 0 fully saturated rings. The zero-order valence-electron chi connectivity index (χ0n) is 10.9. The average molecular weight is 319 g/mol. The zero-order valence-corrected chi connectivity index (χ0v) is 12.5. The summed E-state index contributed by atoms with van der Waals surface area (Å²) >= 11 is 1.40. The number of hydrogen-bond acceptors (Lipinski definition) is 5. The maximum atomic E-state index is 10.5. The lowest BCUT2D eigenvalue weighted by atomic mass is 10.2. The van der Waals surface area contributed by atoms with E-state index in [2.05, 4.69) is 0 Å². The minimum atomic E-state index is -4.02. The van der Waals surface area contributed by atoms with Gasteiger partial charge >= 0.3 is 5.97 Å². The molecular formula is C12H17NO5S2. The van der Waals surface area contributed by atoms with Crippen molar-refractivity contribution < 1.29 is 22.9 Å². The van der Waals surface area contributed by atoms with Gasteiger partial charge in [-0.2, -0.15) is 8.42 Å². The van der Waals surface area contributed by atoms with Crippen LogP contribution < -0.4 is 5.73 Å². The first-order valence-corrected chi connectivity index (χ1v) is 8.01. The van der Waals surface area contributed by atoms with Crippen molar-refractivity contribution in [2.75, 3.05) is 12.3 Å². The molecule has 8 heteroatoms. The van der Waals surface area contributed by atoms with Crippen molar-refractivity contribution in [3.63, 3.8) is 0 Å². The molecule has 1 aromatic carbocycles. The average Bonchev–Trinajstić information content (AvgIpc) is 2.35. The van der Waals surface area contributed by atoms with Gasteiger partial charge in [-0.15, -0.1) is 11.8 Å². The lowest BCUT2D eigenvalue weighted by molar-refractivity contribution is -0.131. The Bertz CT molecular complexity index is 537. The summed E-state index contributed by atoms with van der Waals surface area (Å²) in [6.45, 7) is 2.42. The Labute approximate surface area is 122 Å². The van der Waals surface area contributed by atoms with Crippen LogP contribution in [0.25, 0.3) is 0 Å². The van der Waals surface area contributed by atoms with Gasteiger partial charge in [-0.05, 0) is 24.5 Å². The molecule has 0 spiro atoms. The van der Waals surface area contributed by atoms with E-state index >= 15 is 0 Å². The lowest BCUT2D eigenvalue weighted by Crippen LogP contribution is -2.00. The number of benzene rings is 1. The summed E-state index contributed by atoms with van der Waals surface area (Å²) in [6.07, 6.45) is 1.10. The van der Waals surface area contributed by atoms with Gasteiger partial charge in [-0.3, -0.25) is 4.55 Å². The van der Waals surface area contributed by atoms with Crippen LogP contribution in [0.1, 0.15) is 5.56 Å². The van der Waals surface area contributed by atoms with Crippen molar-refractivity contribution in [1.82, 2.24) is 0 Å². The topological polar surface area (TPSA) is 118 Å². The number of carbonyl (C=O) groups is 1. The van der Waals surface area contributed by atoms with Crippen LogP contribution in [-0.4, -0.2) is 36.3 Å². The van der Waals surface area contributed by atoms with Crippen molar-refractivity contribution in [3.8, 4) is 0 Å². The molecule has 0 saturated carbocycles. The standard InChI is InChI=1S/C7H8O3S.C5H9NO2S/c1-6-2-4-7(5-3-6)11(8,9)10;6-2-4-9-3-1-5(7)8/h2-5H,1H3,(H,8,9,10);1,3H,2,4,6H2,(H,7,8)/b;3-1+. The molecule has 0 bridgehead atoms. The van der Waals surface area contributed by atoms with E-state index in [-0.39, 0.29) is 4.90 Å². The summed E-state index contributed by atoms with van der Waals surface area (Å²) in [6, 6.07) is 5.99. The Balaban J connectivity index is 0.000000370. The third kappa shape index (κ3) is 9.56. The van der Waals surface area contributed by atoms with Gasteiger partial charge in [0.05, 0.1) is 4.90 Å². The molecule has 1 rings (SSSR count). The van der Waals surface area contributed by atoms with Crippen LogP contribution in [0, 0.1) is 6.92 Å². The fourth-order valence-corrected chi connectivity index (χ4v) is 1.92. The molecule has 112 valence electrons. The SMILES string of the molecule is Cc1ccc(S(=O)(=O)O)cc1.NCCS/C=C/C(=O)O. The minimum absolute atomic E-state index is 0.0666. The smallest absolute Gasteiger partial charge is 0.328 e. The molecule has 0 aliphatic heterocycles. The van der Waals surface area contributed by atoms with Crippen molar-refractivity contribution in [1.29, 1.82) is 0 Å². The van der Waals surface area contributed by atoms with E-state index < -0.39 is 16.1 Å². The van der Waals surface area contributed by atoms with E-state index in [9.17, 15) is 13.2 Å². The van der Waals surface area contributed by atoms with E-state index in [4.69, 9.17) is 15.4 Å². The van der Waals surface area contributed by atoms with Crippen LogP contribution >= 0.6 is 11.8 Å². The number of nitrogens with two attached hydrogens (primary N) is 1. The molecule has 20 heavy (non-hydrogen) atoms. The van der Waals surface area contributed by atoms with Crippen molar-refractivity contribution >= 4 is 27.8 Å². The van der Waals surface area contributed by atoms with Crippen LogP contribution in [-0.2, 0) is 14.9 Å². The molecule has 0 aromatic heterocycles. The highest BCUT2D eigenvalue weighted by Gasteiger charge is 2.06. The number of rotatable bonds is 5. The van der Waals surface area contributed by atoms with Gasteiger partial charge in [-0.25, -0.2) is 4.79 Å². The summed E-state index contributed by atoms with van der Waals surface area (Å²) < 4.78 is 29.6. The minimum Gasteiger partial charge on any atom is -0.478 e. The van der Waals surface area contributed by atoms with Crippen molar-refractivity contribution in [2.24, 2.45) is 5.73 Å². The number of carboxylic acid groups (broad SMARTS) is 1. The first-order chi connectivity index (χ1) is 9.27. The Kier molecular flexibility index (Phi) is 8.89. The highest BCUT2D eigenvalue weighted by molar-refractivity contribution is 8.02. The molecule has 1 aromatic rings. The van der Waals surface area contributed by atoms with Crippen molar-refractivity contribution in [2.45, 2.75) is 11.8 Å². The maximum absolute atomic E-state index is 10.5.